The minimum atomic E-state index is -4.54. The first-order chi connectivity index (χ1) is 19.2. The largest absolute Gasteiger partial charge is 0.495 e. The first kappa shape index (κ1) is 28.0. The Morgan fingerprint density at radius 1 is 1.27 bits per heavy atom. The van der Waals surface area contributed by atoms with E-state index in [4.69, 9.17) is 4.74 Å². The van der Waals surface area contributed by atoms with E-state index in [1.54, 1.807) is 26.3 Å². The highest BCUT2D eigenvalue weighted by Crippen LogP contribution is 2.40. The lowest BCUT2D eigenvalue weighted by molar-refractivity contribution is -0.0329. The van der Waals surface area contributed by atoms with Crippen LogP contribution in [0.5, 0.6) is 5.75 Å². The van der Waals surface area contributed by atoms with Crippen LogP contribution in [0.1, 0.15) is 30.5 Å². The summed E-state index contributed by atoms with van der Waals surface area (Å²) in [6.07, 6.45) is 2.69. The number of hydrogen-bond acceptors (Lipinski definition) is 7. The van der Waals surface area contributed by atoms with Gasteiger partial charge in [0.05, 0.1) is 31.1 Å². The van der Waals surface area contributed by atoms with Crippen molar-refractivity contribution >= 4 is 34.5 Å². The number of nitrogens with zero attached hydrogens (tertiary/aromatic N) is 2. The average Bonchev–Trinajstić information content (AvgIpc) is 3.50. The van der Waals surface area contributed by atoms with Crippen LogP contribution in [0.4, 0.5) is 28.9 Å². The lowest BCUT2D eigenvalue weighted by Crippen LogP contribution is -2.52. The van der Waals surface area contributed by atoms with Gasteiger partial charge in [0, 0.05) is 48.4 Å². The number of piperidine rings is 1. The molecule has 7 nitrogen and oxygen atoms in total. The Bertz CT molecular complexity index is 1460. The molecule has 2 aliphatic heterocycles. The second-order valence-corrected chi connectivity index (χ2v) is 10.8. The molecule has 0 radical (unpaired) electrons. The number of halogens is 4. The molecule has 4 atom stereocenters. The normalized spacial score (nSPS) is 21.9. The topological polar surface area (TPSA) is 74.7 Å². The second-order valence-electron chi connectivity index (χ2n) is 9.71. The number of nitrogens with one attached hydrogen (secondary N) is 4. The van der Waals surface area contributed by atoms with Crippen LogP contribution >= 0.6 is 11.8 Å². The first-order valence-corrected chi connectivity index (χ1v) is 13.7. The Balaban J connectivity index is 1.40. The number of aromatic nitrogens is 2. The lowest BCUT2D eigenvalue weighted by Gasteiger charge is -2.33. The number of imidazole rings is 1. The molecular formula is C28H30F4N6OS. The fourth-order valence-corrected chi connectivity index (χ4v) is 5.88. The Morgan fingerprint density at radius 3 is 2.85 bits per heavy atom. The van der Waals surface area contributed by atoms with Crippen molar-refractivity contribution in [1.82, 2.24) is 20.0 Å². The summed E-state index contributed by atoms with van der Waals surface area (Å²) in [5.74, 6) is 6.24. The van der Waals surface area contributed by atoms with Gasteiger partial charge in [-0.25, -0.2) is 9.37 Å². The third kappa shape index (κ3) is 5.95. The van der Waals surface area contributed by atoms with Gasteiger partial charge in [-0.05, 0) is 49.4 Å². The second kappa shape index (κ2) is 11.5. The molecule has 2 saturated heterocycles. The van der Waals surface area contributed by atoms with Crippen molar-refractivity contribution in [3.05, 3.63) is 54.4 Å². The smallest absolute Gasteiger partial charge is 0.447 e. The predicted molar refractivity (Wildman–Crippen MR) is 150 cm³/mol. The fraction of sp³-hybridized carbons (Fsp3) is 0.393. The van der Waals surface area contributed by atoms with Gasteiger partial charge < -0.3 is 26.0 Å². The minimum Gasteiger partial charge on any atom is -0.495 e. The molecule has 2 bridgehead atoms. The van der Waals surface area contributed by atoms with Crippen molar-refractivity contribution in [1.29, 1.82) is 0 Å². The summed E-state index contributed by atoms with van der Waals surface area (Å²) in [7, 11) is 3.32. The number of pyridine rings is 1. The summed E-state index contributed by atoms with van der Waals surface area (Å²) in [4.78, 5) is 4.46. The molecule has 0 spiro atoms. The maximum atomic E-state index is 15.1. The molecule has 0 amide bonds. The van der Waals surface area contributed by atoms with Crippen molar-refractivity contribution in [2.75, 3.05) is 31.3 Å². The van der Waals surface area contributed by atoms with Gasteiger partial charge in [0.15, 0.2) is 5.65 Å². The zero-order chi connectivity index (χ0) is 28.4. The molecule has 4 N–H and O–H groups in total. The number of hydrogen-bond donors (Lipinski definition) is 4. The highest BCUT2D eigenvalue weighted by atomic mass is 32.2. The van der Waals surface area contributed by atoms with Gasteiger partial charge in [-0.1, -0.05) is 18.6 Å². The predicted octanol–water partition coefficient (Wildman–Crippen LogP) is 5.25. The van der Waals surface area contributed by atoms with E-state index < -0.39 is 17.7 Å². The van der Waals surface area contributed by atoms with E-state index in [1.165, 1.54) is 10.6 Å². The van der Waals surface area contributed by atoms with E-state index in [9.17, 15) is 13.2 Å². The number of rotatable bonds is 8. The van der Waals surface area contributed by atoms with Gasteiger partial charge in [-0.15, -0.1) is 0 Å². The number of benzene rings is 1. The monoisotopic (exact) mass is 574 g/mol. The summed E-state index contributed by atoms with van der Waals surface area (Å²) < 4.78 is 62.4. The average molecular weight is 575 g/mol. The highest BCUT2D eigenvalue weighted by Gasteiger charge is 2.42. The minimum absolute atomic E-state index is 0.00631. The van der Waals surface area contributed by atoms with Crippen LogP contribution in [0.25, 0.3) is 11.3 Å². The van der Waals surface area contributed by atoms with Crippen molar-refractivity contribution < 1.29 is 22.3 Å². The van der Waals surface area contributed by atoms with Crippen LogP contribution in [-0.2, 0) is 0 Å². The van der Waals surface area contributed by atoms with E-state index in [0.29, 0.717) is 23.5 Å². The summed E-state index contributed by atoms with van der Waals surface area (Å²) in [5.41, 5.74) is -1.55. The van der Waals surface area contributed by atoms with Crippen LogP contribution in [0.3, 0.4) is 0 Å². The van der Waals surface area contributed by atoms with Crippen LogP contribution in [0.2, 0.25) is 0 Å². The van der Waals surface area contributed by atoms with Gasteiger partial charge in [-0.3, -0.25) is 4.40 Å². The number of methoxy groups -OCH3 is 1. The van der Waals surface area contributed by atoms with E-state index in [1.807, 2.05) is 18.2 Å². The van der Waals surface area contributed by atoms with Crippen LogP contribution in [-0.4, -0.2) is 59.9 Å². The Labute approximate surface area is 234 Å². The quantitative estimate of drug-likeness (QED) is 0.166. The molecule has 2 fully saturated rings. The summed E-state index contributed by atoms with van der Waals surface area (Å²) in [6, 6.07) is 8.40. The maximum Gasteiger partial charge on any atom is 0.447 e. The summed E-state index contributed by atoms with van der Waals surface area (Å²) in [5, 5.41) is 12.5. The molecule has 40 heavy (non-hydrogen) atoms. The van der Waals surface area contributed by atoms with Gasteiger partial charge >= 0.3 is 5.51 Å². The Kier molecular flexibility index (Phi) is 8.05. The Morgan fingerprint density at radius 2 is 2.10 bits per heavy atom. The zero-order valence-corrected chi connectivity index (χ0v) is 22.8. The molecule has 12 heteroatoms. The fourth-order valence-electron chi connectivity index (χ4n) is 5.23. The van der Waals surface area contributed by atoms with Crippen molar-refractivity contribution in [2.24, 2.45) is 0 Å². The molecule has 0 aliphatic carbocycles. The van der Waals surface area contributed by atoms with E-state index >= 15 is 4.39 Å². The summed E-state index contributed by atoms with van der Waals surface area (Å²) in [6.45, 7) is 4.07. The standard InChI is InChI=1S/C28H30F4N6OS/c1-16(33-2)17-8-10-19(24(14-17)39-3)34-12-4-6-22-27(40-28(30,31)32)38-13-5-7-21(26(38)37-22)36-23-15-18-9-11-20(35-18)25(23)29/h5,7-8,10,13-14,18,20,23,25,33-36H,1,9,11-12,15H2,2-3H3. The molecule has 4 unspecified atom stereocenters. The molecule has 4 heterocycles. The van der Waals surface area contributed by atoms with Crippen molar-refractivity contribution in [3.8, 4) is 17.6 Å². The van der Waals surface area contributed by atoms with Crippen molar-refractivity contribution in [3.63, 3.8) is 0 Å². The van der Waals surface area contributed by atoms with E-state index in [-0.39, 0.29) is 46.8 Å². The van der Waals surface area contributed by atoms with Gasteiger partial charge in [0.25, 0.3) is 0 Å². The van der Waals surface area contributed by atoms with Crippen LogP contribution in [0.15, 0.2) is 48.1 Å². The first-order valence-electron chi connectivity index (χ1n) is 12.9. The molecule has 2 aromatic heterocycles. The number of anilines is 2. The van der Waals surface area contributed by atoms with Gasteiger partial charge in [-0.2, -0.15) is 13.2 Å². The number of alkyl halides is 4. The third-order valence-corrected chi connectivity index (χ3v) is 7.98. The molecule has 2 aliphatic rings. The zero-order valence-electron chi connectivity index (χ0n) is 22.0. The van der Waals surface area contributed by atoms with E-state index in [2.05, 4.69) is 44.7 Å². The van der Waals surface area contributed by atoms with Crippen molar-refractivity contribution in [2.45, 2.75) is 54.1 Å². The van der Waals surface area contributed by atoms with Crippen LogP contribution < -0.4 is 26.0 Å². The lowest BCUT2D eigenvalue weighted by atomic mass is 9.97. The third-order valence-electron chi connectivity index (χ3n) is 7.17. The van der Waals surface area contributed by atoms with Crippen LogP contribution in [0, 0.1) is 11.8 Å². The molecule has 3 aromatic rings. The number of fused-ring (bicyclic) bond motifs is 3. The molecular weight excluding hydrogens is 544 g/mol. The van der Waals surface area contributed by atoms with Gasteiger partial charge in [0.1, 0.15) is 22.6 Å². The molecule has 212 valence electrons. The highest BCUT2D eigenvalue weighted by molar-refractivity contribution is 8.00. The molecule has 1 aromatic carbocycles. The maximum absolute atomic E-state index is 15.1. The summed E-state index contributed by atoms with van der Waals surface area (Å²) >= 11 is -0.272. The van der Waals surface area contributed by atoms with Gasteiger partial charge in [0.2, 0.25) is 0 Å². The number of thioether (sulfide) groups is 1. The SMILES string of the molecule is C=C(NC)c1ccc(NCC#Cc2nc3c(NC4CC5CCC(N5)C4F)cccn3c2SC(F)(F)F)c(OC)c1. The Hall–Kier alpha value is -3.56. The molecule has 0 saturated carbocycles. The van der Waals surface area contributed by atoms with E-state index in [0.717, 1.165) is 24.1 Å². The number of ether oxygens (including phenoxy) is 1. The molecule has 5 rings (SSSR count).